The Kier molecular flexibility index (Phi) is 5.74. The smallest absolute Gasteiger partial charge is 0.442 e. The minimum Gasteiger partial charge on any atom is -0.477 e. The largest absolute Gasteiger partial charge is 0.477 e. The van der Waals surface area contributed by atoms with Crippen molar-refractivity contribution >= 4 is 17.5 Å². The number of alkyl halides is 6. The van der Waals surface area contributed by atoms with E-state index < -0.39 is 54.2 Å². The van der Waals surface area contributed by atoms with E-state index in [1.165, 1.54) is 25.1 Å². The Bertz CT molecular complexity index is 776. The van der Waals surface area contributed by atoms with Gasteiger partial charge in [0.15, 0.2) is 11.7 Å². The predicted octanol–water partition coefficient (Wildman–Crippen LogP) is 2.45. The molecular weight excluding hydrogens is 400 g/mol. The number of ketones is 1. The number of benzene rings is 1. The Hall–Kier alpha value is -2.63. The molecule has 3 unspecified atom stereocenters. The summed E-state index contributed by atoms with van der Waals surface area (Å²) >= 11 is 0. The Morgan fingerprint density at radius 2 is 1.75 bits per heavy atom. The highest BCUT2D eigenvalue weighted by Crippen LogP contribution is 2.43. The van der Waals surface area contributed by atoms with Crippen LogP contribution in [0.3, 0.4) is 0 Å². The van der Waals surface area contributed by atoms with E-state index in [9.17, 15) is 41.0 Å². The molecule has 0 fully saturated rings. The number of hydrogen-bond acceptors (Lipinski definition) is 6. The molecule has 0 spiro atoms. The van der Waals surface area contributed by atoms with Crippen LogP contribution in [0.5, 0.6) is 5.75 Å². The van der Waals surface area contributed by atoms with Crippen molar-refractivity contribution in [2.75, 3.05) is 6.61 Å². The van der Waals surface area contributed by atoms with Crippen molar-refractivity contribution in [3.05, 3.63) is 30.3 Å². The monoisotopic (exact) mass is 413 g/mol. The van der Waals surface area contributed by atoms with Crippen molar-refractivity contribution < 1.29 is 50.5 Å². The minimum atomic E-state index is -5.82. The predicted molar refractivity (Wildman–Crippen MR) is 80.5 cm³/mol. The lowest BCUT2D eigenvalue weighted by Gasteiger charge is -2.39. The maximum absolute atomic E-state index is 13.4. The standard InChI is InChI=1S/C16H13F6NO5/c1-2-27-13(25)9-10(24)12(28-8-6-4-3-5-7-8)14(26,16(20,21)22)23-11(9)15(17,18)19/h3-7,9,12,26H,2H2,1H3. The summed E-state index contributed by atoms with van der Waals surface area (Å²) in [6.07, 6.45) is -14.4. The van der Waals surface area contributed by atoms with Gasteiger partial charge < -0.3 is 14.6 Å². The quantitative estimate of drug-likeness (QED) is 0.466. The number of carbonyl (C=O) groups excluding carboxylic acids is 2. The molecule has 1 aliphatic heterocycles. The number of carbonyl (C=O) groups is 2. The molecular formula is C16H13F6NO5. The fourth-order valence-electron chi connectivity index (χ4n) is 2.46. The van der Waals surface area contributed by atoms with Crippen LogP contribution in [-0.2, 0) is 14.3 Å². The summed E-state index contributed by atoms with van der Waals surface area (Å²) < 4.78 is 89.2. The lowest BCUT2D eigenvalue weighted by Crippen LogP contribution is -2.66. The van der Waals surface area contributed by atoms with Crippen molar-refractivity contribution in [2.45, 2.75) is 31.1 Å². The van der Waals surface area contributed by atoms with Crippen molar-refractivity contribution in [1.29, 1.82) is 0 Å². The number of esters is 1. The van der Waals surface area contributed by atoms with E-state index in [0.29, 0.717) is 0 Å². The van der Waals surface area contributed by atoms with Gasteiger partial charge in [0.1, 0.15) is 11.5 Å². The van der Waals surface area contributed by atoms with Gasteiger partial charge in [0, 0.05) is 0 Å². The maximum atomic E-state index is 13.4. The molecule has 28 heavy (non-hydrogen) atoms. The van der Waals surface area contributed by atoms with Crippen molar-refractivity contribution in [2.24, 2.45) is 10.9 Å². The van der Waals surface area contributed by atoms with Gasteiger partial charge in [-0.25, -0.2) is 4.99 Å². The first-order chi connectivity index (χ1) is 12.8. The van der Waals surface area contributed by atoms with Crippen LogP contribution in [0.1, 0.15) is 6.92 Å². The molecule has 0 saturated heterocycles. The second-order valence-electron chi connectivity index (χ2n) is 5.62. The summed E-state index contributed by atoms with van der Waals surface area (Å²) in [5.41, 5.74) is -6.97. The van der Waals surface area contributed by atoms with Gasteiger partial charge in [-0.2, -0.15) is 26.3 Å². The first-order valence-corrected chi connectivity index (χ1v) is 7.71. The van der Waals surface area contributed by atoms with E-state index in [4.69, 9.17) is 4.74 Å². The Morgan fingerprint density at radius 3 is 2.21 bits per heavy atom. The fourth-order valence-corrected chi connectivity index (χ4v) is 2.46. The second kappa shape index (κ2) is 7.41. The summed E-state index contributed by atoms with van der Waals surface area (Å²) in [7, 11) is 0. The number of nitrogens with zero attached hydrogens (tertiary/aromatic N) is 1. The molecule has 1 aromatic rings. The third kappa shape index (κ3) is 3.96. The zero-order chi connectivity index (χ0) is 21.3. The molecule has 1 aliphatic rings. The number of para-hydroxylation sites is 1. The van der Waals surface area contributed by atoms with Gasteiger partial charge in [-0.15, -0.1) is 0 Å². The highest BCUT2D eigenvalue weighted by Gasteiger charge is 2.69. The summed E-state index contributed by atoms with van der Waals surface area (Å²) in [6.45, 7) is 0.779. The van der Waals surface area contributed by atoms with Crippen LogP contribution in [0.15, 0.2) is 35.3 Å². The Morgan fingerprint density at radius 1 is 1.18 bits per heavy atom. The molecule has 0 aliphatic carbocycles. The van der Waals surface area contributed by atoms with Gasteiger partial charge in [-0.1, -0.05) is 18.2 Å². The number of halogens is 6. The van der Waals surface area contributed by atoms with E-state index in [0.717, 1.165) is 12.1 Å². The van der Waals surface area contributed by atoms with Gasteiger partial charge in [-0.3, -0.25) is 9.59 Å². The Labute approximate surface area is 153 Å². The summed E-state index contributed by atoms with van der Waals surface area (Å²) in [5.74, 6) is -6.94. The van der Waals surface area contributed by atoms with Gasteiger partial charge in [0.05, 0.1) is 6.61 Å². The number of aliphatic imine (C=N–C) groups is 1. The molecule has 1 aromatic carbocycles. The molecule has 12 heteroatoms. The summed E-state index contributed by atoms with van der Waals surface area (Å²) in [4.78, 5) is 26.7. The molecule has 2 rings (SSSR count). The van der Waals surface area contributed by atoms with E-state index in [1.807, 2.05) is 0 Å². The highest BCUT2D eigenvalue weighted by atomic mass is 19.4. The summed E-state index contributed by atoms with van der Waals surface area (Å²) in [6, 6.07) is 6.27. The van der Waals surface area contributed by atoms with Gasteiger partial charge in [0.2, 0.25) is 6.10 Å². The van der Waals surface area contributed by atoms with E-state index in [2.05, 4.69) is 9.73 Å². The SMILES string of the molecule is CCOC(=O)C1C(=O)C(Oc2ccccc2)C(O)(C(F)(F)F)N=C1C(F)(F)F. The van der Waals surface area contributed by atoms with Crippen molar-refractivity contribution in [1.82, 2.24) is 0 Å². The molecule has 0 aromatic heterocycles. The fraction of sp³-hybridized carbons (Fsp3) is 0.438. The molecule has 0 amide bonds. The van der Waals surface area contributed by atoms with Crippen LogP contribution in [0.25, 0.3) is 0 Å². The molecule has 0 radical (unpaired) electrons. The van der Waals surface area contributed by atoms with Crippen LogP contribution < -0.4 is 4.74 Å². The van der Waals surface area contributed by atoms with E-state index >= 15 is 0 Å². The van der Waals surface area contributed by atoms with Crippen LogP contribution in [0.2, 0.25) is 0 Å². The van der Waals surface area contributed by atoms with Crippen molar-refractivity contribution in [3.8, 4) is 5.75 Å². The first kappa shape index (κ1) is 21.7. The number of Topliss-reactive ketones (excluding diaryl/α,β-unsaturated/α-hetero) is 1. The second-order valence-corrected chi connectivity index (χ2v) is 5.62. The zero-order valence-electron chi connectivity index (χ0n) is 14.0. The maximum Gasteiger partial charge on any atom is 0.442 e. The van der Waals surface area contributed by atoms with Crippen molar-refractivity contribution in [3.63, 3.8) is 0 Å². The van der Waals surface area contributed by atoms with Gasteiger partial charge in [-0.05, 0) is 19.1 Å². The van der Waals surface area contributed by atoms with Crippen LogP contribution >= 0.6 is 0 Å². The number of rotatable bonds is 4. The summed E-state index contributed by atoms with van der Waals surface area (Å²) in [5, 5.41) is 9.95. The average molecular weight is 413 g/mol. The van der Waals surface area contributed by atoms with Crippen LogP contribution in [0.4, 0.5) is 26.3 Å². The number of hydrogen-bond donors (Lipinski definition) is 1. The lowest BCUT2D eigenvalue weighted by molar-refractivity contribution is -0.281. The van der Waals surface area contributed by atoms with Crippen LogP contribution in [0, 0.1) is 5.92 Å². The normalized spacial score (nSPS) is 25.9. The minimum absolute atomic E-state index is 0.364. The lowest BCUT2D eigenvalue weighted by atomic mass is 9.84. The van der Waals surface area contributed by atoms with E-state index in [1.54, 1.807) is 0 Å². The van der Waals surface area contributed by atoms with Crippen LogP contribution in [-0.4, -0.2) is 53.4 Å². The molecule has 0 saturated carbocycles. The molecule has 0 bridgehead atoms. The molecule has 6 nitrogen and oxygen atoms in total. The molecule has 154 valence electrons. The molecule has 3 atom stereocenters. The third-order valence-electron chi connectivity index (χ3n) is 3.70. The molecule has 1 N–H and O–H groups in total. The molecule has 1 heterocycles. The van der Waals surface area contributed by atoms with Gasteiger partial charge >= 0.3 is 18.3 Å². The Balaban J connectivity index is 2.67. The highest BCUT2D eigenvalue weighted by molar-refractivity contribution is 6.23. The average Bonchev–Trinajstić information content (AvgIpc) is 2.57. The third-order valence-corrected chi connectivity index (χ3v) is 3.70. The first-order valence-electron chi connectivity index (χ1n) is 7.71. The van der Waals surface area contributed by atoms with E-state index in [-0.39, 0.29) is 5.75 Å². The number of aliphatic hydroxyl groups is 1. The van der Waals surface area contributed by atoms with Gasteiger partial charge in [0.25, 0.3) is 5.72 Å². The topological polar surface area (TPSA) is 85.2 Å². The number of ether oxygens (including phenoxy) is 2. The zero-order valence-corrected chi connectivity index (χ0v) is 14.0.